The van der Waals surface area contributed by atoms with E-state index in [1.807, 2.05) is 17.8 Å². The van der Waals surface area contributed by atoms with E-state index in [9.17, 15) is 4.39 Å². The largest absolute Gasteiger partial charge is 0.315 e. The topological polar surface area (TPSA) is 12.0 Å². The van der Waals surface area contributed by atoms with Gasteiger partial charge in [-0.05, 0) is 24.1 Å². The van der Waals surface area contributed by atoms with Gasteiger partial charge in [-0.15, -0.1) is 0 Å². The average molecular weight is 211 g/mol. The van der Waals surface area contributed by atoms with Gasteiger partial charge in [0, 0.05) is 24.1 Å². The quantitative estimate of drug-likeness (QED) is 0.803. The molecule has 1 heterocycles. The number of hydrogen-bond donors (Lipinski definition) is 1. The molecule has 1 N–H and O–H groups in total. The van der Waals surface area contributed by atoms with E-state index in [-0.39, 0.29) is 5.82 Å². The van der Waals surface area contributed by atoms with Crippen LogP contribution in [0.15, 0.2) is 24.3 Å². The van der Waals surface area contributed by atoms with Gasteiger partial charge in [-0.25, -0.2) is 4.39 Å². The molecule has 0 amide bonds. The van der Waals surface area contributed by atoms with Crippen molar-refractivity contribution in [2.45, 2.75) is 11.7 Å². The van der Waals surface area contributed by atoms with Crippen molar-refractivity contribution in [2.75, 3.05) is 18.8 Å². The summed E-state index contributed by atoms with van der Waals surface area (Å²) in [5.41, 5.74) is 1.10. The van der Waals surface area contributed by atoms with Crippen LogP contribution < -0.4 is 5.32 Å². The predicted octanol–water partition coefficient (Wildman–Crippen LogP) is 2.07. The first-order chi connectivity index (χ1) is 6.84. The summed E-state index contributed by atoms with van der Waals surface area (Å²) >= 11 is 1.98. The molecule has 1 atom stereocenters. The van der Waals surface area contributed by atoms with Gasteiger partial charge in [0.1, 0.15) is 5.82 Å². The summed E-state index contributed by atoms with van der Waals surface area (Å²) in [6.07, 6.45) is 0.968. The summed E-state index contributed by atoms with van der Waals surface area (Å²) in [5, 5.41) is 3.96. The van der Waals surface area contributed by atoms with E-state index in [1.165, 1.54) is 11.8 Å². The molecule has 1 unspecified atom stereocenters. The van der Waals surface area contributed by atoms with Gasteiger partial charge in [0.2, 0.25) is 0 Å². The lowest BCUT2D eigenvalue weighted by Crippen LogP contribution is -2.33. The van der Waals surface area contributed by atoms with Crippen molar-refractivity contribution in [3.05, 3.63) is 35.6 Å². The van der Waals surface area contributed by atoms with E-state index in [0.29, 0.717) is 5.25 Å². The Hall–Kier alpha value is -0.540. The van der Waals surface area contributed by atoms with Crippen LogP contribution >= 0.6 is 11.8 Å². The molecule has 1 saturated heterocycles. The highest BCUT2D eigenvalue weighted by molar-refractivity contribution is 8.00. The molecule has 0 aliphatic carbocycles. The molecule has 2 rings (SSSR count). The van der Waals surface area contributed by atoms with Crippen molar-refractivity contribution in [3.8, 4) is 0 Å². The van der Waals surface area contributed by atoms with E-state index in [2.05, 4.69) is 5.32 Å². The molecule has 0 saturated carbocycles. The molecule has 1 aliphatic heterocycles. The third-order valence-corrected chi connectivity index (χ3v) is 3.60. The van der Waals surface area contributed by atoms with Crippen molar-refractivity contribution >= 4 is 11.8 Å². The fraction of sp³-hybridized carbons (Fsp3) is 0.455. The van der Waals surface area contributed by atoms with Crippen LogP contribution in [-0.2, 0) is 6.42 Å². The van der Waals surface area contributed by atoms with Gasteiger partial charge >= 0.3 is 0 Å². The highest BCUT2D eigenvalue weighted by Gasteiger charge is 2.13. The van der Waals surface area contributed by atoms with Crippen molar-refractivity contribution < 1.29 is 4.39 Å². The lowest BCUT2D eigenvalue weighted by atomic mass is 10.1. The molecule has 14 heavy (non-hydrogen) atoms. The van der Waals surface area contributed by atoms with Gasteiger partial charge in [0.25, 0.3) is 0 Å². The molecule has 1 fully saturated rings. The summed E-state index contributed by atoms with van der Waals surface area (Å²) in [4.78, 5) is 0. The Morgan fingerprint density at radius 3 is 3.14 bits per heavy atom. The number of thioether (sulfide) groups is 1. The summed E-state index contributed by atoms with van der Waals surface area (Å²) in [6, 6.07) is 6.91. The van der Waals surface area contributed by atoms with E-state index < -0.39 is 0 Å². The molecule has 0 aromatic heterocycles. The maximum absolute atomic E-state index is 12.9. The second-order valence-electron chi connectivity index (χ2n) is 3.53. The van der Waals surface area contributed by atoms with Crippen LogP contribution in [0, 0.1) is 5.82 Å². The van der Waals surface area contributed by atoms with Crippen LogP contribution in [0.1, 0.15) is 5.56 Å². The molecule has 1 nitrogen and oxygen atoms in total. The fourth-order valence-corrected chi connectivity index (χ4v) is 2.82. The minimum absolute atomic E-state index is 0.128. The Morgan fingerprint density at radius 2 is 2.43 bits per heavy atom. The Labute approximate surface area is 88.1 Å². The second-order valence-corrected chi connectivity index (χ2v) is 4.94. The minimum Gasteiger partial charge on any atom is -0.315 e. The molecular weight excluding hydrogens is 197 g/mol. The van der Waals surface area contributed by atoms with Crippen LogP contribution in [0.2, 0.25) is 0 Å². The molecule has 0 radical (unpaired) electrons. The first-order valence-corrected chi connectivity index (χ1v) is 5.96. The fourth-order valence-electron chi connectivity index (χ4n) is 1.68. The number of halogens is 1. The predicted molar refractivity (Wildman–Crippen MR) is 59.2 cm³/mol. The number of nitrogens with one attached hydrogen (secondary N) is 1. The Kier molecular flexibility index (Phi) is 3.43. The van der Waals surface area contributed by atoms with Gasteiger partial charge in [-0.2, -0.15) is 11.8 Å². The number of hydrogen-bond acceptors (Lipinski definition) is 2. The molecule has 0 spiro atoms. The molecule has 76 valence electrons. The standard InChI is InChI=1S/C11H14FNS/c12-10-3-1-2-9(6-10)7-11-8-13-4-5-14-11/h1-3,6,11,13H,4-5,7-8H2. The second kappa shape index (κ2) is 4.80. The molecule has 3 heteroatoms. The van der Waals surface area contributed by atoms with Gasteiger partial charge in [-0.1, -0.05) is 12.1 Å². The van der Waals surface area contributed by atoms with Crippen molar-refractivity contribution in [1.82, 2.24) is 5.32 Å². The summed E-state index contributed by atoms with van der Waals surface area (Å²) in [6.45, 7) is 2.14. The lowest BCUT2D eigenvalue weighted by Gasteiger charge is -2.22. The monoisotopic (exact) mass is 211 g/mol. The maximum atomic E-state index is 12.9. The molecular formula is C11H14FNS. The van der Waals surface area contributed by atoms with Crippen LogP contribution in [0.5, 0.6) is 0 Å². The van der Waals surface area contributed by atoms with Gasteiger partial charge in [0.15, 0.2) is 0 Å². The van der Waals surface area contributed by atoms with E-state index >= 15 is 0 Å². The van der Waals surface area contributed by atoms with Crippen LogP contribution in [0.3, 0.4) is 0 Å². The Bertz CT molecular complexity index is 297. The zero-order valence-corrected chi connectivity index (χ0v) is 8.82. The smallest absolute Gasteiger partial charge is 0.123 e. The first-order valence-electron chi connectivity index (χ1n) is 4.91. The number of benzene rings is 1. The third kappa shape index (κ3) is 2.72. The van der Waals surface area contributed by atoms with Gasteiger partial charge < -0.3 is 5.32 Å². The lowest BCUT2D eigenvalue weighted by molar-refractivity contribution is 0.622. The summed E-state index contributed by atoms with van der Waals surface area (Å²) in [5.74, 6) is 1.04. The Morgan fingerprint density at radius 1 is 1.50 bits per heavy atom. The highest BCUT2D eigenvalue weighted by atomic mass is 32.2. The molecule has 1 aromatic carbocycles. The van der Waals surface area contributed by atoms with Crippen molar-refractivity contribution in [1.29, 1.82) is 0 Å². The first kappa shape index (κ1) is 9.99. The molecule has 1 aliphatic rings. The van der Waals surface area contributed by atoms with E-state index in [0.717, 1.165) is 25.1 Å². The highest BCUT2D eigenvalue weighted by Crippen LogP contribution is 2.18. The zero-order chi connectivity index (χ0) is 9.80. The maximum Gasteiger partial charge on any atom is 0.123 e. The van der Waals surface area contributed by atoms with Gasteiger partial charge in [-0.3, -0.25) is 0 Å². The average Bonchev–Trinajstić information content (AvgIpc) is 2.19. The number of rotatable bonds is 2. The molecule has 1 aromatic rings. The zero-order valence-electron chi connectivity index (χ0n) is 8.00. The van der Waals surface area contributed by atoms with Crippen LogP contribution in [0.4, 0.5) is 4.39 Å². The van der Waals surface area contributed by atoms with E-state index in [1.54, 1.807) is 12.1 Å². The SMILES string of the molecule is Fc1cccc(CC2CNCCS2)c1. The summed E-state index contributed by atoms with van der Waals surface area (Å²) in [7, 11) is 0. The van der Waals surface area contributed by atoms with Crippen LogP contribution in [0.25, 0.3) is 0 Å². The van der Waals surface area contributed by atoms with Crippen molar-refractivity contribution in [3.63, 3.8) is 0 Å². The van der Waals surface area contributed by atoms with E-state index in [4.69, 9.17) is 0 Å². The van der Waals surface area contributed by atoms with Gasteiger partial charge in [0.05, 0.1) is 0 Å². The minimum atomic E-state index is -0.128. The normalized spacial score (nSPS) is 22.2. The van der Waals surface area contributed by atoms with Crippen LogP contribution in [-0.4, -0.2) is 24.1 Å². The third-order valence-electron chi connectivity index (χ3n) is 2.36. The molecule has 0 bridgehead atoms. The van der Waals surface area contributed by atoms with Crippen molar-refractivity contribution in [2.24, 2.45) is 0 Å². The summed E-state index contributed by atoms with van der Waals surface area (Å²) < 4.78 is 12.9. The Balaban J connectivity index is 1.95.